The smallest absolute Gasteiger partial charge is 1.00 e. The Kier molecular flexibility index (Phi) is 11.8. The van der Waals surface area contributed by atoms with Gasteiger partial charge in [-0.3, -0.25) is 10.2 Å². The van der Waals surface area contributed by atoms with E-state index in [0.717, 1.165) is 28.5 Å². The van der Waals surface area contributed by atoms with E-state index < -0.39 is 12.3 Å². The van der Waals surface area contributed by atoms with E-state index in [9.17, 15) is 18.0 Å². The minimum Gasteiger partial charge on any atom is -1.00 e. The van der Waals surface area contributed by atoms with Gasteiger partial charge < -0.3 is 16.0 Å². The Balaban J connectivity index is 0.00000337. The van der Waals surface area contributed by atoms with Gasteiger partial charge in [0.25, 0.3) is 0 Å². The van der Waals surface area contributed by atoms with Crippen molar-refractivity contribution in [3.63, 3.8) is 0 Å². The number of nitrogens with zero attached hydrogens (tertiary/aromatic N) is 5. The van der Waals surface area contributed by atoms with Crippen molar-refractivity contribution in [2.24, 2.45) is 10.1 Å². The molecule has 0 aliphatic rings. The number of hydrogen-bond acceptors (Lipinski definition) is 8. The van der Waals surface area contributed by atoms with Crippen molar-refractivity contribution in [1.82, 2.24) is 20.2 Å². The molecule has 0 saturated carbocycles. The number of methoxy groups -OCH3 is 1. The average molecular weight is 623 g/mol. The molecule has 3 aromatic carbocycles. The van der Waals surface area contributed by atoms with Crippen LogP contribution in [0.4, 0.5) is 18.9 Å². The molecule has 10 nitrogen and oxygen atoms in total. The fourth-order valence-corrected chi connectivity index (χ4v) is 4.27. The molecule has 0 aliphatic carbocycles. The minimum absolute atomic E-state index is 0. The number of ether oxygens (including phenoxy) is 2. The predicted molar refractivity (Wildman–Crippen MR) is 155 cm³/mol. The van der Waals surface area contributed by atoms with E-state index in [1.165, 1.54) is 35.3 Å². The Morgan fingerprint density at radius 3 is 2.33 bits per heavy atom. The number of aromatic nitrogens is 3. The minimum atomic E-state index is -4.76. The van der Waals surface area contributed by atoms with Gasteiger partial charge in [0.15, 0.2) is 11.0 Å². The van der Waals surface area contributed by atoms with Crippen LogP contribution >= 0.6 is 11.8 Å². The number of thioether (sulfide) groups is 1. The maximum Gasteiger partial charge on any atom is 1.00 e. The number of aliphatic carboxylic acids is 1. The average Bonchev–Trinajstić information content (AvgIpc) is 3.43. The summed E-state index contributed by atoms with van der Waals surface area (Å²) >= 11 is 1.01. The second-order valence-corrected chi connectivity index (χ2v) is 9.72. The number of nitrogens with one attached hydrogen (secondary N) is 1. The first kappa shape index (κ1) is 33.6. The molecule has 0 radical (unpaired) electrons. The van der Waals surface area contributed by atoms with Crippen LogP contribution in [0, 0.1) is 13.8 Å². The van der Waals surface area contributed by atoms with Gasteiger partial charge in [-0.1, -0.05) is 36.0 Å². The van der Waals surface area contributed by atoms with Gasteiger partial charge in [0.2, 0.25) is 0 Å². The molecule has 4 rings (SSSR count). The molecule has 4 aromatic rings. The fourth-order valence-electron chi connectivity index (χ4n) is 3.73. The van der Waals surface area contributed by atoms with Crippen molar-refractivity contribution < 1.29 is 63.5 Å². The first-order valence-corrected chi connectivity index (χ1v) is 13.2. The van der Waals surface area contributed by atoms with E-state index in [4.69, 9.17) is 9.84 Å². The Morgan fingerprint density at radius 1 is 1.09 bits per heavy atom. The standard InChI is InChI=1S/C28H25F3N6O4S.Na.H/c1-17-12-23(40-3)13-18(2)25(17)34-27(42-15-24(38)39)35-33-14-19-4-6-20(7-5-19)26-32-16-37(36-26)21-8-10-22(11-9-21)41-28(29,30)31;;/h4-14,16H,15H2,1-3H3,(H,34,35)(H,38,39);;/q;+1;-1/b33-14+;;. The first-order chi connectivity index (χ1) is 20.0. The fraction of sp³-hybridized carbons (Fsp3) is 0.179. The molecule has 43 heavy (non-hydrogen) atoms. The van der Waals surface area contributed by atoms with E-state index in [2.05, 4.69) is 30.3 Å². The van der Waals surface area contributed by atoms with Crippen LogP contribution in [0.3, 0.4) is 0 Å². The van der Waals surface area contributed by atoms with E-state index in [1.54, 1.807) is 37.6 Å². The Morgan fingerprint density at radius 2 is 1.74 bits per heavy atom. The van der Waals surface area contributed by atoms with Crippen molar-refractivity contribution in [3.05, 3.63) is 83.7 Å². The third kappa shape index (κ3) is 9.85. The van der Waals surface area contributed by atoms with Crippen LogP contribution < -0.4 is 44.5 Å². The van der Waals surface area contributed by atoms with Crippen LogP contribution in [-0.4, -0.2) is 56.4 Å². The van der Waals surface area contributed by atoms with Crippen molar-refractivity contribution in [2.75, 3.05) is 12.9 Å². The van der Waals surface area contributed by atoms with Crippen LogP contribution in [0.2, 0.25) is 0 Å². The molecule has 1 aromatic heterocycles. The zero-order valence-electron chi connectivity index (χ0n) is 24.6. The number of halogens is 3. The van der Waals surface area contributed by atoms with Gasteiger partial charge in [-0.25, -0.2) is 14.7 Å². The second kappa shape index (κ2) is 15.0. The molecule has 220 valence electrons. The molecule has 0 fully saturated rings. The first-order valence-electron chi connectivity index (χ1n) is 12.3. The number of hydrazone groups is 1. The quantitative estimate of drug-likeness (QED) is 0.127. The number of carbonyl (C=O) groups is 1. The van der Waals surface area contributed by atoms with Gasteiger partial charge in [0.05, 0.1) is 30.5 Å². The Bertz CT molecular complexity index is 1590. The Labute approximate surface area is 272 Å². The number of amidine groups is 1. The van der Waals surface area contributed by atoms with Gasteiger partial charge >= 0.3 is 41.9 Å². The topological polar surface area (TPSA) is 123 Å². The Hall–Kier alpha value is -3.85. The van der Waals surface area contributed by atoms with Gasteiger partial charge in [-0.15, -0.1) is 18.3 Å². The van der Waals surface area contributed by atoms with Gasteiger partial charge in [-0.05, 0) is 66.9 Å². The zero-order valence-corrected chi connectivity index (χ0v) is 26.4. The summed E-state index contributed by atoms with van der Waals surface area (Å²) in [6.45, 7) is 3.78. The van der Waals surface area contributed by atoms with Crippen LogP contribution in [0.15, 0.2) is 77.1 Å². The molecule has 0 unspecified atom stereocenters. The number of hydrogen-bond donors (Lipinski definition) is 2. The number of carboxylic acid groups (broad SMARTS) is 1. The molecule has 0 spiro atoms. The third-order valence-corrected chi connectivity index (χ3v) is 6.46. The molecule has 0 aliphatic heterocycles. The molecule has 15 heteroatoms. The molecule has 0 saturated heterocycles. The molecule has 0 bridgehead atoms. The molecule has 0 atom stereocenters. The summed E-state index contributed by atoms with van der Waals surface area (Å²) in [6.07, 6.45) is -1.75. The number of rotatable bonds is 9. The monoisotopic (exact) mass is 622 g/mol. The van der Waals surface area contributed by atoms with E-state index in [-0.39, 0.29) is 42.5 Å². The van der Waals surface area contributed by atoms with Crippen LogP contribution in [0.5, 0.6) is 11.5 Å². The largest absolute Gasteiger partial charge is 1.00 e. The van der Waals surface area contributed by atoms with E-state index in [1.807, 2.05) is 26.0 Å². The van der Waals surface area contributed by atoms with Crippen molar-refractivity contribution in [1.29, 1.82) is 0 Å². The SMILES string of the molecule is COc1cc(C)c(N=C(N/N=C/c2ccc(-c3ncn(-c4ccc(OC(F)(F)F)cc4)n3)cc2)SCC(=O)O)c(C)c1.[H-].[Na+]. The number of carboxylic acids is 1. The van der Waals surface area contributed by atoms with E-state index in [0.29, 0.717) is 33.7 Å². The summed E-state index contributed by atoms with van der Waals surface area (Å²) in [4.78, 5) is 20.0. The molecule has 1 heterocycles. The third-order valence-electron chi connectivity index (χ3n) is 5.62. The van der Waals surface area contributed by atoms with E-state index >= 15 is 0 Å². The van der Waals surface area contributed by atoms with Gasteiger partial charge in [0, 0.05) is 5.56 Å². The maximum atomic E-state index is 12.4. The summed E-state index contributed by atoms with van der Waals surface area (Å²) in [7, 11) is 1.58. The molecular weight excluding hydrogens is 596 g/mol. The van der Waals surface area contributed by atoms with Crippen LogP contribution in [0.25, 0.3) is 17.1 Å². The van der Waals surface area contributed by atoms with Gasteiger partial charge in [0.1, 0.15) is 17.8 Å². The van der Waals surface area contributed by atoms with Crippen molar-refractivity contribution in [3.8, 4) is 28.6 Å². The number of benzene rings is 3. The maximum absolute atomic E-state index is 12.4. The van der Waals surface area contributed by atoms with Crippen molar-refractivity contribution in [2.45, 2.75) is 20.2 Å². The summed E-state index contributed by atoms with van der Waals surface area (Å²) < 4.78 is 47.8. The molecule has 2 N–H and O–H groups in total. The van der Waals surface area contributed by atoms with Crippen LogP contribution in [0.1, 0.15) is 18.1 Å². The van der Waals surface area contributed by atoms with Gasteiger partial charge in [-0.2, -0.15) is 5.10 Å². The molecular formula is C28H26F3N6NaO4S. The number of aryl methyl sites for hydroxylation is 2. The normalized spacial score (nSPS) is 11.7. The predicted octanol–water partition coefficient (Wildman–Crippen LogP) is 3.00. The summed E-state index contributed by atoms with van der Waals surface area (Å²) in [5.74, 6) is -0.398. The number of alkyl halides is 3. The number of aliphatic imine (C=N–C) groups is 1. The summed E-state index contributed by atoms with van der Waals surface area (Å²) in [5.41, 5.74) is 7.21. The molecule has 0 amide bonds. The van der Waals surface area contributed by atoms with Crippen LogP contribution in [-0.2, 0) is 4.79 Å². The second-order valence-electron chi connectivity index (χ2n) is 8.76. The van der Waals surface area contributed by atoms with Crippen molar-refractivity contribution >= 4 is 34.8 Å². The zero-order chi connectivity index (χ0) is 30.3. The summed E-state index contributed by atoms with van der Waals surface area (Å²) in [5, 5.41) is 18.1. The summed E-state index contributed by atoms with van der Waals surface area (Å²) in [6, 6.07) is 16.1.